The molecule has 126 valence electrons. The highest BCUT2D eigenvalue weighted by Crippen LogP contribution is 2.30. The molecule has 24 heavy (non-hydrogen) atoms. The maximum Gasteiger partial charge on any atom is 0.240 e. The van der Waals surface area contributed by atoms with E-state index in [-0.39, 0.29) is 5.91 Å². The van der Waals surface area contributed by atoms with Crippen LogP contribution in [-0.4, -0.2) is 24.7 Å². The van der Waals surface area contributed by atoms with Crippen molar-refractivity contribution in [3.05, 3.63) is 60.2 Å². The molecule has 2 aromatic rings. The molecule has 1 heterocycles. The SMILES string of the molecule is NC1(C(=O)NCc2ccccc2Sc2ccccc2)CCOCC1. The van der Waals surface area contributed by atoms with Crippen molar-refractivity contribution >= 4 is 17.7 Å². The van der Waals surface area contributed by atoms with Crippen LogP contribution in [0.1, 0.15) is 18.4 Å². The average molecular weight is 342 g/mol. The number of carbonyl (C=O) groups is 1. The van der Waals surface area contributed by atoms with Crippen LogP contribution in [-0.2, 0) is 16.1 Å². The second-order valence-corrected chi connectivity index (χ2v) is 7.09. The van der Waals surface area contributed by atoms with Crippen molar-refractivity contribution in [1.29, 1.82) is 0 Å². The number of amides is 1. The van der Waals surface area contributed by atoms with E-state index in [2.05, 4.69) is 23.5 Å². The van der Waals surface area contributed by atoms with Gasteiger partial charge in [0, 0.05) is 29.5 Å². The molecule has 1 aliphatic rings. The molecule has 1 amide bonds. The maximum absolute atomic E-state index is 12.5. The smallest absolute Gasteiger partial charge is 0.240 e. The molecule has 1 fully saturated rings. The topological polar surface area (TPSA) is 64.4 Å². The van der Waals surface area contributed by atoms with E-state index in [9.17, 15) is 4.79 Å². The van der Waals surface area contributed by atoms with Crippen molar-refractivity contribution < 1.29 is 9.53 Å². The number of carbonyl (C=O) groups excluding carboxylic acids is 1. The highest BCUT2D eigenvalue weighted by atomic mass is 32.2. The minimum Gasteiger partial charge on any atom is -0.381 e. The largest absolute Gasteiger partial charge is 0.381 e. The summed E-state index contributed by atoms with van der Waals surface area (Å²) in [5.74, 6) is -0.0923. The van der Waals surface area contributed by atoms with E-state index in [1.54, 1.807) is 11.8 Å². The standard InChI is InChI=1S/C19H22N2O2S/c20-19(10-12-23-13-11-19)18(22)21-14-15-6-4-5-9-17(15)24-16-7-2-1-3-8-16/h1-9H,10-14,20H2,(H,21,22). The lowest BCUT2D eigenvalue weighted by atomic mass is 9.90. The van der Waals surface area contributed by atoms with Gasteiger partial charge in [0.1, 0.15) is 0 Å². The monoisotopic (exact) mass is 342 g/mol. The summed E-state index contributed by atoms with van der Waals surface area (Å²) in [5.41, 5.74) is 6.52. The highest BCUT2D eigenvalue weighted by Gasteiger charge is 2.35. The van der Waals surface area contributed by atoms with Gasteiger partial charge in [0.15, 0.2) is 0 Å². The zero-order chi connectivity index (χ0) is 16.8. The van der Waals surface area contributed by atoms with Crippen LogP contribution in [0.5, 0.6) is 0 Å². The van der Waals surface area contributed by atoms with Crippen LogP contribution < -0.4 is 11.1 Å². The Labute approximate surface area is 146 Å². The van der Waals surface area contributed by atoms with Gasteiger partial charge in [-0.1, -0.05) is 48.2 Å². The normalized spacial score (nSPS) is 16.5. The van der Waals surface area contributed by atoms with Gasteiger partial charge in [-0.15, -0.1) is 0 Å². The van der Waals surface area contributed by atoms with Crippen LogP contribution in [0.25, 0.3) is 0 Å². The number of nitrogens with one attached hydrogen (secondary N) is 1. The predicted octanol–water partition coefficient (Wildman–Crippen LogP) is 2.96. The number of benzene rings is 2. The molecule has 0 saturated carbocycles. The van der Waals surface area contributed by atoms with E-state index >= 15 is 0 Å². The van der Waals surface area contributed by atoms with Gasteiger partial charge in [-0.3, -0.25) is 4.79 Å². The Balaban J connectivity index is 1.66. The molecule has 3 rings (SSSR count). The van der Waals surface area contributed by atoms with E-state index in [0.29, 0.717) is 32.6 Å². The number of ether oxygens (including phenoxy) is 1. The third-order valence-corrected chi connectivity index (χ3v) is 5.35. The predicted molar refractivity (Wildman–Crippen MR) is 95.8 cm³/mol. The first-order valence-electron chi connectivity index (χ1n) is 8.13. The fraction of sp³-hybridized carbons (Fsp3) is 0.316. The van der Waals surface area contributed by atoms with E-state index in [1.807, 2.05) is 36.4 Å². The molecule has 2 aromatic carbocycles. The third-order valence-electron chi connectivity index (χ3n) is 4.22. The van der Waals surface area contributed by atoms with Crippen LogP contribution in [0, 0.1) is 0 Å². The average Bonchev–Trinajstić information content (AvgIpc) is 2.62. The van der Waals surface area contributed by atoms with E-state index in [1.165, 1.54) is 4.90 Å². The van der Waals surface area contributed by atoms with Crippen molar-refractivity contribution in [2.45, 2.75) is 34.7 Å². The summed E-state index contributed by atoms with van der Waals surface area (Å²) in [5, 5.41) is 3.00. The van der Waals surface area contributed by atoms with Crippen molar-refractivity contribution in [3.63, 3.8) is 0 Å². The summed E-state index contributed by atoms with van der Waals surface area (Å²) < 4.78 is 5.30. The summed E-state index contributed by atoms with van der Waals surface area (Å²) in [6.07, 6.45) is 1.14. The fourth-order valence-corrected chi connectivity index (χ4v) is 3.64. The van der Waals surface area contributed by atoms with Gasteiger partial charge in [-0.2, -0.15) is 0 Å². The summed E-state index contributed by atoms with van der Waals surface area (Å²) in [4.78, 5) is 14.8. The second-order valence-electron chi connectivity index (χ2n) is 5.97. The molecule has 0 aliphatic carbocycles. The van der Waals surface area contributed by atoms with Crippen LogP contribution in [0.3, 0.4) is 0 Å². The molecule has 1 saturated heterocycles. The molecular formula is C19H22N2O2S. The van der Waals surface area contributed by atoms with Gasteiger partial charge in [0.05, 0.1) is 5.54 Å². The van der Waals surface area contributed by atoms with Crippen LogP contribution in [0.2, 0.25) is 0 Å². The Kier molecular flexibility index (Phi) is 5.56. The molecular weight excluding hydrogens is 320 g/mol. The molecule has 0 aromatic heterocycles. The number of nitrogens with two attached hydrogens (primary N) is 1. The van der Waals surface area contributed by atoms with Gasteiger partial charge >= 0.3 is 0 Å². The zero-order valence-corrected chi connectivity index (χ0v) is 14.4. The molecule has 0 radical (unpaired) electrons. The van der Waals surface area contributed by atoms with Gasteiger partial charge < -0.3 is 15.8 Å². The van der Waals surface area contributed by atoms with Gasteiger partial charge in [-0.25, -0.2) is 0 Å². The Morgan fingerprint density at radius 2 is 1.75 bits per heavy atom. The summed E-state index contributed by atoms with van der Waals surface area (Å²) in [6.45, 7) is 1.57. The molecule has 0 spiro atoms. The highest BCUT2D eigenvalue weighted by molar-refractivity contribution is 7.99. The third kappa shape index (κ3) is 4.17. The van der Waals surface area contributed by atoms with E-state index in [0.717, 1.165) is 10.5 Å². The zero-order valence-electron chi connectivity index (χ0n) is 13.5. The van der Waals surface area contributed by atoms with Crippen LogP contribution in [0.15, 0.2) is 64.4 Å². The lowest BCUT2D eigenvalue weighted by Gasteiger charge is -2.31. The first kappa shape index (κ1) is 17.0. The molecule has 3 N–H and O–H groups in total. The van der Waals surface area contributed by atoms with E-state index < -0.39 is 5.54 Å². The molecule has 0 unspecified atom stereocenters. The summed E-state index contributed by atoms with van der Waals surface area (Å²) >= 11 is 1.70. The maximum atomic E-state index is 12.5. The Morgan fingerprint density at radius 3 is 2.50 bits per heavy atom. The second kappa shape index (κ2) is 7.83. The van der Waals surface area contributed by atoms with Crippen LogP contribution >= 0.6 is 11.8 Å². The lowest BCUT2D eigenvalue weighted by Crippen LogP contribution is -2.56. The first-order valence-corrected chi connectivity index (χ1v) is 8.95. The molecule has 4 nitrogen and oxygen atoms in total. The molecule has 5 heteroatoms. The lowest BCUT2D eigenvalue weighted by molar-refractivity contribution is -0.129. The van der Waals surface area contributed by atoms with Crippen molar-refractivity contribution in [2.24, 2.45) is 5.73 Å². The molecule has 0 bridgehead atoms. The van der Waals surface area contributed by atoms with Gasteiger partial charge in [-0.05, 0) is 36.6 Å². The molecule has 1 aliphatic heterocycles. The summed E-state index contributed by atoms with van der Waals surface area (Å²) in [7, 11) is 0. The first-order chi connectivity index (χ1) is 11.7. The minimum absolute atomic E-state index is 0.0923. The van der Waals surface area contributed by atoms with Crippen molar-refractivity contribution in [3.8, 4) is 0 Å². The number of hydrogen-bond acceptors (Lipinski definition) is 4. The fourth-order valence-electron chi connectivity index (χ4n) is 2.68. The Bertz CT molecular complexity index is 685. The van der Waals surface area contributed by atoms with Gasteiger partial charge in [0.2, 0.25) is 5.91 Å². The van der Waals surface area contributed by atoms with Crippen molar-refractivity contribution in [2.75, 3.05) is 13.2 Å². The minimum atomic E-state index is -0.806. The Morgan fingerprint density at radius 1 is 1.08 bits per heavy atom. The van der Waals surface area contributed by atoms with E-state index in [4.69, 9.17) is 10.5 Å². The number of rotatable bonds is 5. The van der Waals surface area contributed by atoms with Crippen molar-refractivity contribution in [1.82, 2.24) is 5.32 Å². The van der Waals surface area contributed by atoms with Crippen LogP contribution in [0.4, 0.5) is 0 Å². The summed E-state index contributed by atoms with van der Waals surface area (Å²) in [6, 6.07) is 18.3. The molecule has 0 atom stereocenters. The Hall–Kier alpha value is -1.82. The number of hydrogen-bond donors (Lipinski definition) is 2. The quantitative estimate of drug-likeness (QED) is 0.877. The van der Waals surface area contributed by atoms with Gasteiger partial charge in [0.25, 0.3) is 0 Å².